The van der Waals surface area contributed by atoms with Gasteiger partial charge in [0.15, 0.2) is 0 Å². The highest BCUT2D eigenvalue weighted by molar-refractivity contribution is 6.30. The zero-order chi connectivity index (χ0) is 14.3. The molecule has 2 rings (SSSR count). The molecule has 1 aromatic rings. The Bertz CT molecular complexity index is 472. The first kappa shape index (κ1) is 14.2. The molecular formula is C14H18ClNO3. The molecule has 0 bridgehead atoms. The van der Waals surface area contributed by atoms with Gasteiger partial charge in [0.25, 0.3) is 0 Å². The fourth-order valence-electron chi connectivity index (χ4n) is 1.98. The first-order chi connectivity index (χ1) is 8.70. The van der Waals surface area contributed by atoms with Crippen LogP contribution >= 0.6 is 11.6 Å². The highest BCUT2D eigenvalue weighted by Crippen LogP contribution is 2.33. The Balaban J connectivity index is 1.98. The van der Waals surface area contributed by atoms with Crippen LogP contribution in [0.4, 0.5) is 4.79 Å². The summed E-state index contributed by atoms with van der Waals surface area (Å²) in [5.41, 5.74) is -0.760. The minimum absolute atomic E-state index is 0.240. The normalized spacial score (nSPS) is 17.8. The molecule has 5 heteroatoms. The van der Waals surface area contributed by atoms with Crippen molar-refractivity contribution in [2.24, 2.45) is 0 Å². The minimum atomic E-state index is -0.999. The monoisotopic (exact) mass is 283 g/mol. The van der Waals surface area contributed by atoms with Gasteiger partial charge in [-0.25, -0.2) is 4.79 Å². The highest BCUT2D eigenvalue weighted by Gasteiger charge is 2.46. The number of rotatable bonds is 1. The molecule has 1 aliphatic heterocycles. The third-order valence-electron chi connectivity index (χ3n) is 2.94. The summed E-state index contributed by atoms with van der Waals surface area (Å²) in [4.78, 5) is 13.3. The van der Waals surface area contributed by atoms with E-state index in [-0.39, 0.29) is 13.1 Å². The van der Waals surface area contributed by atoms with E-state index >= 15 is 0 Å². The number of likely N-dealkylation sites (tertiary alicyclic amines) is 1. The van der Waals surface area contributed by atoms with Gasteiger partial charge in [0.2, 0.25) is 0 Å². The topological polar surface area (TPSA) is 49.8 Å². The molecule has 4 nitrogen and oxygen atoms in total. The van der Waals surface area contributed by atoms with Crippen molar-refractivity contribution < 1.29 is 14.6 Å². The van der Waals surface area contributed by atoms with Crippen LogP contribution in [0, 0.1) is 0 Å². The van der Waals surface area contributed by atoms with E-state index in [0.717, 1.165) is 5.56 Å². The summed E-state index contributed by atoms with van der Waals surface area (Å²) < 4.78 is 5.24. The molecule has 0 saturated carbocycles. The first-order valence-corrected chi connectivity index (χ1v) is 6.54. The fraction of sp³-hybridized carbons (Fsp3) is 0.500. The van der Waals surface area contributed by atoms with Crippen molar-refractivity contribution in [3.63, 3.8) is 0 Å². The summed E-state index contributed by atoms with van der Waals surface area (Å²) in [6.07, 6.45) is -0.397. The van der Waals surface area contributed by atoms with E-state index in [0.29, 0.717) is 5.02 Å². The van der Waals surface area contributed by atoms with E-state index in [9.17, 15) is 9.90 Å². The maximum absolute atomic E-state index is 11.8. The lowest BCUT2D eigenvalue weighted by atomic mass is 9.86. The number of hydrogen-bond acceptors (Lipinski definition) is 3. The van der Waals surface area contributed by atoms with Gasteiger partial charge in [-0.1, -0.05) is 23.7 Å². The van der Waals surface area contributed by atoms with Crippen LogP contribution in [0.2, 0.25) is 5.02 Å². The van der Waals surface area contributed by atoms with Gasteiger partial charge in [-0.3, -0.25) is 0 Å². The van der Waals surface area contributed by atoms with Crippen LogP contribution in [0.3, 0.4) is 0 Å². The second kappa shape index (κ2) is 4.69. The van der Waals surface area contributed by atoms with Crippen molar-refractivity contribution >= 4 is 17.7 Å². The molecule has 0 radical (unpaired) electrons. The lowest BCUT2D eigenvalue weighted by Gasteiger charge is -2.46. The summed E-state index contributed by atoms with van der Waals surface area (Å²) in [7, 11) is 0. The maximum Gasteiger partial charge on any atom is 0.410 e. The number of nitrogens with zero attached hydrogens (tertiary/aromatic N) is 1. The van der Waals surface area contributed by atoms with Crippen molar-refractivity contribution in [3.05, 3.63) is 34.9 Å². The van der Waals surface area contributed by atoms with Gasteiger partial charge in [0, 0.05) is 5.02 Å². The van der Waals surface area contributed by atoms with Gasteiger partial charge in [0.05, 0.1) is 13.1 Å². The van der Waals surface area contributed by atoms with E-state index in [1.807, 2.05) is 20.8 Å². The van der Waals surface area contributed by atoms with Crippen molar-refractivity contribution in [2.75, 3.05) is 13.1 Å². The molecule has 1 heterocycles. The van der Waals surface area contributed by atoms with Gasteiger partial charge < -0.3 is 14.7 Å². The third-order valence-corrected chi connectivity index (χ3v) is 3.19. The van der Waals surface area contributed by atoms with Crippen LogP contribution in [-0.4, -0.2) is 34.8 Å². The Kier molecular flexibility index (Phi) is 3.49. The van der Waals surface area contributed by atoms with Gasteiger partial charge in [-0.05, 0) is 38.5 Å². The Morgan fingerprint density at radius 2 is 1.84 bits per heavy atom. The predicted octanol–water partition coefficient (Wildman–Crippen LogP) is 2.78. The summed E-state index contributed by atoms with van der Waals surface area (Å²) in [6, 6.07) is 7.00. The molecule has 1 saturated heterocycles. The Labute approximate surface area is 117 Å². The third kappa shape index (κ3) is 3.19. The van der Waals surface area contributed by atoms with Gasteiger partial charge in [-0.15, -0.1) is 0 Å². The maximum atomic E-state index is 11.8. The zero-order valence-corrected chi connectivity index (χ0v) is 12.1. The average Bonchev–Trinajstić information content (AvgIpc) is 2.23. The molecule has 1 amide bonds. The molecular weight excluding hydrogens is 266 g/mol. The molecule has 0 unspecified atom stereocenters. The van der Waals surface area contributed by atoms with Gasteiger partial charge in [-0.2, -0.15) is 0 Å². The van der Waals surface area contributed by atoms with Crippen LogP contribution in [0.25, 0.3) is 0 Å². The van der Waals surface area contributed by atoms with Crippen LogP contribution in [0.5, 0.6) is 0 Å². The molecule has 104 valence electrons. The number of aliphatic hydroxyl groups is 1. The smallest absolute Gasteiger partial charge is 0.410 e. The van der Waals surface area contributed by atoms with E-state index in [2.05, 4.69) is 0 Å². The first-order valence-electron chi connectivity index (χ1n) is 6.16. The molecule has 1 fully saturated rings. The number of halogens is 1. The zero-order valence-electron chi connectivity index (χ0n) is 11.3. The quantitative estimate of drug-likeness (QED) is 0.862. The lowest BCUT2D eigenvalue weighted by Crippen LogP contribution is -2.61. The fourth-order valence-corrected chi connectivity index (χ4v) is 2.11. The highest BCUT2D eigenvalue weighted by atomic mass is 35.5. The molecule has 0 spiro atoms. The molecule has 1 N–H and O–H groups in total. The van der Waals surface area contributed by atoms with Crippen molar-refractivity contribution in [1.82, 2.24) is 4.90 Å². The summed E-state index contributed by atoms with van der Waals surface area (Å²) in [5.74, 6) is 0. The number of ether oxygens (including phenoxy) is 1. The van der Waals surface area contributed by atoms with E-state index in [1.165, 1.54) is 4.90 Å². The summed E-state index contributed by atoms with van der Waals surface area (Å²) in [6.45, 7) is 5.93. The van der Waals surface area contributed by atoms with Crippen molar-refractivity contribution in [2.45, 2.75) is 32.0 Å². The summed E-state index contributed by atoms with van der Waals surface area (Å²) >= 11 is 5.81. The Morgan fingerprint density at radius 1 is 1.32 bits per heavy atom. The number of carbonyl (C=O) groups excluding carboxylic acids is 1. The van der Waals surface area contributed by atoms with Crippen LogP contribution in [0.15, 0.2) is 24.3 Å². The standard InChI is InChI=1S/C14H18ClNO3/c1-13(2,3)19-12(17)16-8-14(18,9-16)10-4-6-11(15)7-5-10/h4-7,18H,8-9H2,1-3H3. The number of carbonyl (C=O) groups is 1. The average molecular weight is 284 g/mol. The molecule has 0 atom stereocenters. The van der Waals surface area contributed by atoms with Crippen molar-refractivity contribution in [1.29, 1.82) is 0 Å². The molecule has 0 aromatic heterocycles. The number of amides is 1. The Hall–Kier alpha value is -1.26. The second-order valence-electron chi connectivity index (χ2n) is 5.87. The van der Waals surface area contributed by atoms with Gasteiger partial charge >= 0.3 is 6.09 Å². The number of β-amino-alcohol motifs (C(OH)–C–C–N with tert-alkyl or cyclic N) is 1. The molecule has 0 aliphatic carbocycles. The largest absolute Gasteiger partial charge is 0.444 e. The van der Waals surface area contributed by atoms with Crippen LogP contribution in [-0.2, 0) is 10.3 Å². The predicted molar refractivity (Wildman–Crippen MR) is 73.2 cm³/mol. The number of hydrogen-bond donors (Lipinski definition) is 1. The molecule has 1 aliphatic rings. The van der Waals surface area contributed by atoms with Crippen LogP contribution < -0.4 is 0 Å². The second-order valence-corrected chi connectivity index (χ2v) is 6.31. The van der Waals surface area contributed by atoms with E-state index < -0.39 is 17.3 Å². The van der Waals surface area contributed by atoms with E-state index in [4.69, 9.17) is 16.3 Å². The van der Waals surface area contributed by atoms with Crippen LogP contribution in [0.1, 0.15) is 26.3 Å². The number of benzene rings is 1. The van der Waals surface area contributed by atoms with E-state index in [1.54, 1.807) is 24.3 Å². The molecule has 19 heavy (non-hydrogen) atoms. The van der Waals surface area contributed by atoms with Crippen molar-refractivity contribution in [3.8, 4) is 0 Å². The lowest BCUT2D eigenvalue weighted by molar-refractivity contribution is -0.103. The van der Waals surface area contributed by atoms with Gasteiger partial charge in [0.1, 0.15) is 11.2 Å². The molecule has 1 aromatic carbocycles. The summed E-state index contributed by atoms with van der Waals surface area (Å²) in [5, 5.41) is 11.0. The minimum Gasteiger partial charge on any atom is -0.444 e. The Morgan fingerprint density at radius 3 is 2.32 bits per heavy atom. The SMILES string of the molecule is CC(C)(C)OC(=O)N1CC(O)(c2ccc(Cl)cc2)C1.